The Balaban J connectivity index is 1.71. The highest BCUT2D eigenvalue weighted by molar-refractivity contribution is 5.77. The van der Waals surface area contributed by atoms with E-state index < -0.39 is 5.41 Å². The fraction of sp³-hybridized carbons (Fsp3) is 0.545. The number of hydrogen-bond acceptors (Lipinski definition) is 4. The largest absolute Gasteiger partial charge is 0.466 e. The van der Waals surface area contributed by atoms with Crippen LogP contribution in [-0.2, 0) is 29.0 Å². The van der Waals surface area contributed by atoms with Crippen LogP contribution in [0.2, 0.25) is 0 Å². The number of nitrogens with zero attached hydrogens (tertiary/aromatic N) is 3. The van der Waals surface area contributed by atoms with Gasteiger partial charge in [0.05, 0.1) is 18.2 Å². The van der Waals surface area contributed by atoms with Crippen molar-refractivity contribution in [3.63, 3.8) is 0 Å². The average Bonchev–Trinajstić information content (AvgIpc) is 3.15. The Bertz CT molecular complexity index is 728. The molecular weight excluding hydrogens is 338 g/mol. The van der Waals surface area contributed by atoms with Gasteiger partial charge in [0.2, 0.25) is 0 Å². The Morgan fingerprint density at radius 3 is 2.74 bits per heavy atom. The number of likely N-dealkylation sites (tertiary alicyclic amines) is 1. The normalized spacial score (nSPS) is 20.5. The monoisotopic (exact) mass is 369 g/mol. The molecule has 1 aliphatic heterocycles. The van der Waals surface area contributed by atoms with E-state index in [9.17, 15) is 4.79 Å². The van der Waals surface area contributed by atoms with Crippen molar-refractivity contribution >= 4 is 5.97 Å². The summed E-state index contributed by atoms with van der Waals surface area (Å²) in [4.78, 5) is 15.3. The minimum Gasteiger partial charge on any atom is -0.466 e. The van der Waals surface area contributed by atoms with Gasteiger partial charge < -0.3 is 4.74 Å². The predicted octanol–water partition coefficient (Wildman–Crippen LogP) is 3.68. The molecule has 2 aromatic rings. The van der Waals surface area contributed by atoms with E-state index in [0.29, 0.717) is 6.61 Å². The van der Waals surface area contributed by atoms with Crippen molar-refractivity contribution < 1.29 is 9.53 Å². The zero-order valence-electron chi connectivity index (χ0n) is 16.6. The lowest BCUT2D eigenvalue weighted by Crippen LogP contribution is -2.48. The number of hydrogen-bond donors (Lipinski definition) is 0. The van der Waals surface area contributed by atoms with Gasteiger partial charge in [0, 0.05) is 31.4 Å². The van der Waals surface area contributed by atoms with Crippen LogP contribution in [0.25, 0.3) is 0 Å². The molecule has 0 bridgehead atoms. The van der Waals surface area contributed by atoms with E-state index in [1.807, 2.05) is 23.9 Å². The van der Waals surface area contributed by atoms with Gasteiger partial charge in [-0.1, -0.05) is 30.3 Å². The maximum atomic E-state index is 12.9. The fourth-order valence-electron chi connectivity index (χ4n) is 4.07. The van der Waals surface area contributed by atoms with Gasteiger partial charge in [-0.15, -0.1) is 0 Å². The Kier molecular flexibility index (Phi) is 6.67. The number of esters is 1. The minimum atomic E-state index is -0.412. The van der Waals surface area contributed by atoms with E-state index in [4.69, 9.17) is 4.74 Å². The summed E-state index contributed by atoms with van der Waals surface area (Å²) in [6, 6.07) is 10.4. The fourth-order valence-corrected chi connectivity index (χ4v) is 4.07. The third kappa shape index (κ3) is 4.98. The van der Waals surface area contributed by atoms with E-state index in [-0.39, 0.29) is 5.97 Å². The van der Waals surface area contributed by atoms with E-state index >= 15 is 0 Å². The van der Waals surface area contributed by atoms with Gasteiger partial charge in [-0.25, -0.2) is 0 Å². The molecule has 0 aliphatic carbocycles. The Morgan fingerprint density at radius 2 is 2.04 bits per heavy atom. The third-order valence-corrected chi connectivity index (χ3v) is 5.52. The highest BCUT2D eigenvalue weighted by Crippen LogP contribution is 2.36. The highest BCUT2D eigenvalue weighted by Gasteiger charge is 2.43. The lowest BCUT2D eigenvalue weighted by atomic mass is 9.75. The van der Waals surface area contributed by atoms with Crippen LogP contribution in [-0.4, -0.2) is 40.3 Å². The molecule has 5 heteroatoms. The van der Waals surface area contributed by atoms with Gasteiger partial charge in [-0.05, 0) is 51.6 Å². The van der Waals surface area contributed by atoms with Crippen molar-refractivity contribution in [2.45, 2.75) is 52.6 Å². The first-order valence-electron chi connectivity index (χ1n) is 10.1. The van der Waals surface area contributed by atoms with Crippen LogP contribution in [0.5, 0.6) is 0 Å². The molecule has 3 rings (SSSR count). The summed E-state index contributed by atoms with van der Waals surface area (Å²) < 4.78 is 7.46. The van der Waals surface area contributed by atoms with E-state index in [2.05, 4.69) is 47.4 Å². The SMILES string of the molecule is CCOC(=O)C1(CCc2ccccc2)CCCN(Cc2cnn(CC)c2)C1. The molecule has 1 atom stereocenters. The molecule has 5 nitrogen and oxygen atoms in total. The number of ether oxygens (including phenoxy) is 1. The number of piperidine rings is 1. The van der Waals surface area contributed by atoms with Crippen LogP contribution in [0.15, 0.2) is 42.7 Å². The van der Waals surface area contributed by atoms with Gasteiger partial charge in [0.1, 0.15) is 0 Å². The summed E-state index contributed by atoms with van der Waals surface area (Å²) in [5.41, 5.74) is 2.08. The summed E-state index contributed by atoms with van der Waals surface area (Å²) >= 11 is 0. The van der Waals surface area contributed by atoms with E-state index in [1.165, 1.54) is 11.1 Å². The molecule has 1 aromatic carbocycles. The number of aromatic nitrogens is 2. The number of carbonyl (C=O) groups is 1. The molecule has 1 saturated heterocycles. The third-order valence-electron chi connectivity index (χ3n) is 5.52. The first kappa shape index (κ1) is 19.6. The smallest absolute Gasteiger partial charge is 0.313 e. The second kappa shape index (κ2) is 9.18. The molecule has 146 valence electrons. The summed E-state index contributed by atoms with van der Waals surface area (Å²) in [6.07, 6.45) is 7.71. The Morgan fingerprint density at radius 1 is 1.22 bits per heavy atom. The van der Waals surface area contributed by atoms with Crippen molar-refractivity contribution in [2.24, 2.45) is 5.41 Å². The van der Waals surface area contributed by atoms with Crippen molar-refractivity contribution in [3.8, 4) is 0 Å². The molecule has 1 aromatic heterocycles. The molecule has 0 saturated carbocycles. The lowest BCUT2D eigenvalue weighted by Gasteiger charge is -2.41. The molecule has 0 amide bonds. The van der Waals surface area contributed by atoms with Crippen LogP contribution in [0, 0.1) is 5.41 Å². The Labute approximate surface area is 162 Å². The molecule has 27 heavy (non-hydrogen) atoms. The van der Waals surface area contributed by atoms with Crippen LogP contribution in [0.4, 0.5) is 0 Å². The summed E-state index contributed by atoms with van der Waals surface area (Å²) in [5.74, 6) is -0.0325. The maximum absolute atomic E-state index is 12.9. The molecular formula is C22H31N3O2. The quantitative estimate of drug-likeness (QED) is 0.666. The molecule has 2 heterocycles. The summed E-state index contributed by atoms with van der Waals surface area (Å²) in [6.45, 7) is 7.92. The number of rotatable bonds is 8. The molecule has 1 aliphatic rings. The van der Waals surface area contributed by atoms with Gasteiger partial charge in [0.15, 0.2) is 0 Å². The number of carbonyl (C=O) groups excluding carboxylic acids is 1. The highest BCUT2D eigenvalue weighted by atomic mass is 16.5. The molecule has 0 radical (unpaired) electrons. The van der Waals surface area contributed by atoms with Crippen LogP contribution in [0.1, 0.15) is 44.2 Å². The summed E-state index contributed by atoms with van der Waals surface area (Å²) in [7, 11) is 0. The average molecular weight is 370 g/mol. The van der Waals surface area contributed by atoms with Crippen LogP contribution < -0.4 is 0 Å². The minimum absolute atomic E-state index is 0.0325. The van der Waals surface area contributed by atoms with Crippen molar-refractivity contribution in [1.29, 1.82) is 0 Å². The van der Waals surface area contributed by atoms with Gasteiger partial charge in [0.25, 0.3) is 0 Å². The van der Waals surface area contributed by atoms with Gasteiger partial charge in [-0.2, -0.15) is 5.10 Å². The van der Waals surface area contributed by atoms with Gasteiger partial charge in [-0.3, -0.25) is 14.4 Å². The van der Waals surface area contributed by atoms with E-state index in [0.717, 1.165) is 51.9 Å². The second-order valence-electron chi connectivity index (χ2n) is 7.50. The van der Waals surface area contributed by atoms with Crippen molar-refractivity contribution in [3.05, 3.63) is 53.9 Å². The van der Waals surface area contributed by atoms with Gasteiger partial charge >= 0.3 is 5.97 Å². The molecule has 0 spiro atoms. The zero-order valence-corrected chi connectivity index (χ0v) is 16.6. The van der Waals surface area contributed by atoms with Crippen LogP contribution in [0.3, 0.4) is 0 Å². The molecule has 0 N–H and O–H groups in total. The first-order chi connectivity index (χ1) is 13.1. The van der Waals surface area contributed by atoms with Crippen molar-refractivity contribution in [1.82, 2.24) is 14.7 Å². The first-order valence-corrected chi connectivity index (χ1v) is 10.1. The zero-order chi connectivity index (χ0) is 19.1. The van der Waals surface area contributed by atoms with E-state index in [1.54, 1.807) is 0 Å². The number of benzene rings is 1. The summed E-state index contributed by atoms with van der Waals surface area (Å²) in [5, 5.41) is 4.38. The molecule has 1 unspecified atom stereocenters. The lowest BCUT2D eigenvalue weighted by molar-refractivity contribution is -0.160. The van der Waals surface area contributed by atoms with Crippen LogP contribution >= 0.6 is 0 Å². The second-order valence-corrected chi connectivity index (χ2v) is 7.50. The Hall–Kier alpha value is -2.14. The number of aryl methyl sites for hydroxylation is 2. The predicted molar refractivity (Wildman–Crippen MR) is 106 cm³/mol. The maximum Gasteiger partial charge on any atom is 0.313 e. The standard InChI is InChI=1S/C22H31N3O2/c1-3-25-17-20(15-23-25)16-24-14-8-12-22(18-24,21(26)27-4-2)13-11-19-9-6-5-7-10-19/h5-7,9-10,15,17H,3-4,8,11-14,16,18H2,1-2H3. The molecule has 1 fully saturated rings. The van der Waals surface area contributed by atoms with Crippen molar-refractivity contribution in [2.75, 3.05) is 19.7 Å². The topological polar surface area (TPSA) is 47.4 Å².